The minimum Gasteiger partial charge on any atom is -0.327 e. The molecule has 0 unspecified atom stereocenters. The van der Waals surface area contributed by atoms with E-state index in [1.807, 2.05) is 0 Å². The van der Waals surface area contributed by atoms with Gasteiger partial charge in [0.2, 0.25) is 0 Å². The highest BCUT2D eigenvalue weighted by atomic mass is 15.3. The zero-order valence-electron chi connectivity index (χ0n) is 11.0. The van der Waals surface area contributed by atoms with Crippen LogP contribution >= 0.6 is 0 Å². The first-order chi connectivity index (χ1) is 8.78. The average molecular weight is 245 g/mol. The predicted molar refractivity (Wildman–Crippen MR) is 76.4 cm³/mol. The zero-order valence-corrected chi connectivity index (χ0v) is 11.0. The molecule has 1 fully saturated rings. The first-order valence-electron chi connectivity index (χ1n) is 6.63. The van der Waals surface area contributed by atoms with Gasteiger partial charge in [-0.05, 0) is 11.1 Å². The summed E-state index contributed by atoms with van der Waals surface area (Å²) in [5.74, 6) is 0. The van der Waals surface area contributed by atoms with Crippen molar-refractivity contribution in [3.8, 4) is 0 Å². The van der Waals surface area contributed by atoms with Gasteiger partial charge in [0.15, 0.2) is 0 Å². The van der Waals surface area contributed by atoms with E-state index in [2.05, 4.69) is 46.7 Å². The van der Waals surface area contributed by atoms with Crippen LogP contribution in [0.4, 0.5) is 0 Å². The molecular formula is C15H23N3. The van der Waals surface area contributed by atoms with E-state index in [0.29, 0.717) is 6.54 Å². The Morgan fingerprint density at radius 2 is 1.67 bits per heavy atom. The molecule has 1 aromatic rings. The average Bonchev–Trinajstić information content (AvgIpc) is 2.42. The Bertz CT molecular complexity index is 367. The molecule has 0 saturated carbocycles. The highest BCUT2D eigenvalue weighted by molar-refractivity contribution is 5.14. The van der Waals surface area contributed by atoms with Crippen molar-refractivity contribution in [3.63, 3.8) is 0 Å². The zero-order chi connectivity index (χ0) is 12.8. The molecule has 1 saturated heterocycles. The summed E-state index contributed by atoms with van der Waals surface area (Å²) in [7, 11) is 0. The summed E-state index contributed by atoms with van der Waals surface area (Å²) in [6, 6.07) is 10.7. The molecule has 3 heteroatoms. The molecule has 0 spiro atoms. The van der Waals surface area contributed by atoms with Crippen LogP contribution in [0.2, 0.25) is 0 Å². The minimum atomic E-state index is 0.601. The van der Waals surface area contributed by atoms with Crippen molar-refractivity contribution in [2.45, 2.75) is 6.54 Å². The number of rotatable bonds is 5. The summed E-state index contributed by atoms with van der Waals surface area (Å²) >= 11 is 0. The Labute approximate surface area is 110 Å². The lowest BCUT2D eigenvalue weighted by Crippen LogP contribution is -2.46. The Hall–Kier alpha value is -1.16. The first kappa shape index (κ1) is 13.3. The second-order valence-corrected chi connectivity index (χ2v) is 4.99. The third-order valence-corrected chi connectivity index (χ3v) is 3.45. The molecule has 0 radical (unpaired) electrons. The van der Waals surface area contributed by atoms with Gasteiger partial charge in [0.1, 0.15) is 0 Å². The SMILES string of the molecule is C=C(CN)CN1CCN(Cc2ccccc2)CC1. The summed E-state index contributed by atoms with van der Waals surface area (Å²) in [4.78, 5) is 4.95. The number of nitrogens with zero attached hydrogens (tertiary/aromatic N) is 2. The van der Waals surface area contributed by atoms with Crippen LogP contribution in [0.1, 0.15) is 5.56 Å². The fraction of sp³-hybridized carbons (Fsp3) is 0.467. The Morgan fingerprint density at radius 3 is 2.28 bits per heavy atom. The van der Waals surface area contributed by atoms with Gasteiger partial charge in [0.05, 0.1) is 0 Å². The van der Waals surface area contributed by atoms with Crippen LogP contribution < -0.4 is 5.73 Å². The largest absolute Gasteiger partial charge is 0.327 e. The normalized spacial score (nSPS) is 17.8. The lowest BCUT2D eigenvalue weighted by atomic mass is 10.2. The number of hydrogen-bond acceptors (Lipinski definition) is 3. The highest BCUT2D eigenvalue weighted by Crippen LogP contribution is 2.09. The van der Waals surface area contributed by atoms with Crippen LogP contribution in [0.15, 0.2) is 42.5 Å². The summed E-state index contributed by atoms with van der Waals surface area (Å²) in [5, 5.41) is 0. The summed E-state index contributed by atoms with van der Waals surface area (Å²) in [6.45, 7) is 11.1. The van der Waals surface area contributed by atoms with Crippen LogP contribution in [0.5, 0.6) is 0 Å². The van der Waals surface area contributed by atoms with Gasteiger partial charge in [-0.25, -0.2) is 0 Å². The van der Waals surface area contributed by atoms with Crippen molar-refractivity contribution >= 4 is 0 Å². The molecule has 1 aliphatic rings. The summed E-state index contributed by atoms with van der Waals surface area (Å²) in [6.07, 6.45) is 0. The van der Waals surface area contributed by atoms with Gasteiger partial charge >= 0.3 is 0 Å². The van der Waals surface area contributed by atoms with Gasteiger partial charge in [-0.3, -0.25) is 9.80 Å². The van der Waals surface area contributed by atoms with Gasteiger partial charge in [0.25, 0.3) is 0 Å². The van der Waals surface area contributed by atoms with Crippen molar-refractivity contribution < 1.29 is 0 Å². The van der Waals surface area contributed by atoms with E-state index in [1.165, 1.54) is 5.56 Å². The Morgan fingerprint density at radius 1 is 1.06 bits per heavy atom. The van der Waals surface area contributed by atoms with Gasteiger partial charge in [-0.1, -0.05) is 36.9 Å². The van der Waals surface area contributed by atoms with E-state index in [1.54, 1.807) is 0 Å². The highest BCUT2D eigenvalue weighted by Gasteiger charge is 2.16. The van der Waals surface area contributed by atoms with Crippen molar-refractivity contribution in [3.05, 3.63) is 48.0 Å². The summed E-state index contributed by atoms with van der Waals surface area (Å²) < 4.78 is 0. The van der Waals surface area contributed by atoms with Gasteiger partial charge in [-0.15, -0.1) is 0 Å². The maximum absolute atomic E-state index is 5.58. The molecule has 2 rings (SSSR count). The summed E-state index contributed by atoms with van der Waals surface area (Å²) in [5.41, 5.74) is 8.11. The molecule has 2 N–H and O–H groups in total. The molecule has 1 aliphatic heterocycles. The smallest absolute Gasteiger partial charge is 0.0234 e. The van der Waals surface area contributed by atoms with Gasteiger partial charge < -0.3 is 5.73 Å². The standard InChI is InChI=1S/C15H23N3/c1-14(11-16)12-17-7-9-18(10-8-17)13-15-5-3-2-4-6-15/h2-6H,1,7-13,16H2. The van der Waals surface area contributed by atoms with Gasteiger partial charge in [-0.2, -0.15) is 0 Å². The molecule has 1 aromatic carbocycles. The Balaban J connectivity index is 1.75. The topological polar surface area (TPSA) is 32.5 Å². The fourth-order valence-electron chi connectivity index (χ4n) is 2.33. The molecule has 18 heavy (non-hydrogen) atoms. The first-order valence-corrected chi connectivity index (χ1v) is 6.63. The lowest BCUT2D eigenvalue weighted by molar-refractivity contribution is 0.134. The molecule has 1 heterocycles. The molecule has 0 bridgehead atoms. The number of hydrogen-bond donors (Lipinski definition) is 1. The lowest BCUT2D eigenvalue weighted by Gasteiger charge is -2.35. The second-order valence-electron chi connectivity index (χ2n) is 4.99. The second kappa shape index (κ2) is 6.69. The Kier molecular flexibility index (Phi) is 4.93. The third kappa shape index (κ3) is 3.95. The number of piperazine rings is 1. The maximum atomic E-state index is 5.58. The number of nitrogens with two attached hydrogens (primary N) is 1. The van der Waals surface area contributed by atoms with E-state index < -0.39 is 0 Å². The van der Waals surface area contributed by atoms with E-state index in [-0.39, 0.29) is 0 Å². The van der Waals surface area contributed by atoms with Crippen molar-refractivity contribution in [2.24, 2.45) is 5.73 Å². The molecular weight excluding hydrogens is 222 g/mol. The molecule has 0 aliphatic carbocycles. The van der Waals surface area contributed by atoms with Crippen LogP contribution in [0.3, 0.4) is 0 Å². The van der Waals surface area contributed by atoms with E-state index >= 15 is 0 Å². The molecule has 0 aromatic heterocycles. The quantitative estimate of drug-likeness (QED) is 0.794. The maximum Gasteiger partial charge on any atom is 0.0234 e. The molecule has 98 valence electrons. The van der Waals surface area contributed by atoms with Crippen LogP contribution in [-0.4, -0.2) is 49.1 Å². The van der Waals surface area contributed by atoms with Crippen molar-refractivity contribution in [1.29, 1.82) is 0 Å². The fourth-order valence-corrected chi connectivity index (χ4v) is 2.33. The third-order valence-electron chi connectivity index (χ3n) is 3.45. The van der Waals surface area contributed by atoms with Crippen molar-refractivity contribution in [1.82, 2.24) is 9.80 Å². The van der Waals surface area contributed by atoms with E-state index in [9.17, 15) is 0 Å². The van der Waals surface area contributed by atoms with Crippen LogP contribution in [-0.2, 0) is 6.54 Å². The predicted octanol–water partition coefficient (Wildman–Crippen LogP) is 1.32. The van der Waals surface area contributed by atoms with Crippen molar-refractivity contribution in [2.75, 3.05) is 39.3 Å². The molecule has 3 nitrogen and oxygen atoms in total. The van der Waals surface area contributed by atoms with Crippen LogP contribution in [0.25, 0.3) is 0 Å². The molecule has 0 amide bonds. The monoisotopic (exact) mass is 245 g/mol. The van der Waals surface area contributed by atoms with E-state index in [4.69, 9.17) is 5.73 Å². The van der Waals surface area contributed by atoms with E-state index in [0.717, 1.165) is 44.8 Å². The van der Waals surface area contributed by atoms with Gasteiger partial charge in [0, 0.05) is 45.8 Å². The molecule has 0 atom stereocenters. The van der Waals surface area contributed by atoms with Crippen LogP contribution in [0, 0.1) is 0 Å². The number of benzene rings is 1. The minimum absolute atomic E-state index is 0.601.